The van der Waals surface area contributed by atoms with Gasteiger partial charge in [-0.25, -0.2) is 0 Å². The topological polar surface area (TPSA) is 46.3 Å². The third-order valence-electron chi connectivity index (χ3n) is 1.70. The Labute approximate surface area is 67.0 Å². The van der Waals surface area contributed by atoms with E-state index in [2.05, 4.69) is 0 Å². The van der Waals surface area contributed by atoms with E-state index in [9.17, 15) is 4.79 Å². The molecule has 1 aliphatic rings. The lowest BCUT2D eigenvalue weighted by Crippen LogP contribution is -2.46. The van der Waals surface area contributed by atoms with E-state index < -0.39 is 0 Å². The number of nitrogens with two attached hydrogens (primary N) is 1. The molecule has 1 fully saturated rings. The van der Waals surface area contributed by atoms with Crippen LogP contribution in [0.5, 0.6) is 0 Å². The minimum atomic E-state index is -0.233. The minimum Gasteiger partial charge on any atom is -0.344 e. The second kappa shape index (κ2) is 3.78. The molecule has 0 aromatic rings. The van der Waals surface area contributed by atoms with E-state index in [0.29, 0.717) is 0 Å². The van der Waals surface area contributed by atoms with Gasteiger partial charge in [-0.05, 0) is 12.8 Å². The van der Waals surface area contributed by atoms with Gasteiger partial charge in [0.25, 0.3) is 0 Å². The smallest absolute Gasteiger partial charge is 0.239 e. The largest absolute Gasteiger partial charge is 0.344 e. The predicted octanol–water partition coefficient (Wildman–Crippen LogP) is -0.0123. The molecule has 1 unspecified atom stereocenters. The molecule has 3 nitrogen and oxygen atoms in total. The predicted molar refractivity (Wildman–Crippen MR) is 42.1 cm³/mol. The summed E-state index contributed by atoms with van der Waals surface area (Å²) in [5.74, 6) is 0.0845. The van der Waals surface area contributed by atoms with Crippen LogP contribution in [0.2, 0.25) is 0 Å². The van der Waals surface area contributed by atoms with Crippen LogP contribution < -0.4 is 5.73 Å². The van der Waals surface area contributed by atoms with Crippen LogP contribution in [0.15, 0.2) is 0 Å². The number of likely N-dealkylation sites (N-methyl/N-ethyl adjacent to an activating group) is 1. The minimum absolute atomic E-state index is 0. The number of amides is 1. The quantitative estimate of drug-likeness (QED) is 0.548. The van der Waals surface area contributed by atoms with Gasteiger partial charge in [0.2, 0.25) is 5.91 Å². The fourth-order valence-electron chi connectivity index (χ4n) is 1.07. The number of piperidine rings is 1. The third kappa shape index (κ3) is 1.85. The molecule has 0 radical (unpaired) electrons. The molecule has 1 atom stereocenters. The lowest BCUT2D eigenvalue weighted by Gasteiger charge is -2.26. The summed E-state index contributed by atoms with van der Waals surface area (Å²) in [7, 11) is 1.79. The van der Waals surface area contributed by atoms with E-state index in [4.69, 9.17) is 5.73 Å². The number of carbonyl (C=O) groups is 1. The van der Waals surface area contributed by atoms with Crippen LogP contribution in [0, 0.1) is 0 Å². The van der Waals surface area contributed by atoms with E-state index in [1.807, 2.05) is 0 Å². The number of rotatable bonds is 0. The van der Waals surface area contributed by atoms with E-state index in [0.717, 1.165) is 19.4 Å². The summed E-state index contributed by atoms with van der Waals surface area (Å²) in [5, 5.41) is 0. The molecule has 60 valence electrons. The number of halogens is 1. The first-order valence-electron chi connectivity index (χ1n) is 3.22. The summed E-state index contributed by atoms with van der Waals surface area (Å²) in [5.41, 5.74) is 5.48. The summed E-state index contributed by atoms with van der Waals surface area (Å²) >= 11 is 0. The molecular weight excluding hydrogens is 152 g/mol. The molecule has 1 aliphatic heterocycles. The summed E-state index contributed by atoms with van der Waals surface area (Å²) in [4.78, 5) is 12.6. The Morgan fingerprint density at radius 2 is 2.30 bits per heavy atom. The van der Waals surface area contributed by atoms with Gasteiger partial charge in [-0.15, -0.1) is 12.4 Å². The van der Waals surface area contributed by atoms with Crippen LogP contribution in [0.25, 0.3) is 0 Å². The summed E-state index contributed by atoms with van der Waals surface area (Å²) < 4.78 is 0. The van der Waals surface area contributed by atoms with Crippen LogP contribution in [0.1, 0.15) is 12.8 Å². The van der Waals surface area contributed by atoms with Crippen molar-refractivity contribution in [2.24, 2.45) is 5.73 Å². The Bertz CT molecular complexity index is 117. The molecule has 1 amide bonds. The molecule has 1 heterocycles. The Kier molecular flexibility index (Phi) is 3.68. The molecule has 10 heavy (non-hydrogen) atoms. The summed E-state index contributed by atoms with van der Waals surface area (Å²) in [6, 6.07) is -0.233. The van der Waals surface area contributed by atoms with Crippen molar-refractivity contribution in [3.8, 4) is 0 Å². The van der Waals surface area contributed by atoms with Crippen LogP contribution >= 0.6 is 12.4 Å². The zero-order chi connectivity index (χ0) is 6.85. The second-order valence-corrected chi connectivity index (χ2v) is 2.51. The van der Waals surface area contributed by atoms with Gasteiger partial charge < -0.3 is 10.6 Å². The van der Waals surface area contributed by atoms with Gasteiger partial charge in [0.05, 0.1) is 6.04 Å². The van der Waals surface area contributed by atoms with Crippen molar-refractivity contribution < 1.29 is 4.79 Å². The molecule has 0 spiro atoms. The lowest BCUT2D eigenvalue weighted by molar-refractivity contribution is -0.133. The third-order valence-corrected chi connectivity index (χ3v) is 1.70. The van der Waals surface area contributed by atoms with Gasteiger partial charge >= 0.3 is 0 Å². The van der Waals surface area contributed by atoms with Crippen molar-refractivity contribution in [1.29, 1.82) is 0 Å². The average molecular weight is 165 g/mol. The molecule has 0 saturated carbocycles. The fraction of sp³-hybridized carbons (Fsp3) is 0.833. The number of likely N-dealkylation sites (tertiary alicyclic amines) is 1. The van der Waals surface area contributed by atoms with E-state index in [-0.39, 0.29) is 24.4 Å². The maximum absolute atomic E-state index is 10.9. The van der Waals surface area contributed by atoms with Crippen molar-refractivity contribution in [1.82, 2.24) is 4.90 Å². The molecule has 4 heteroatoms. The van der Waals surface area contributed by atoms with Gasteiger partial charge in [0.1, 0.15) is 0 Å². The summed E-state index contributed by atoms with van der Waals surface area (Å²) in [6.07, 6.45) is 1.90. The highest BCUT2D eigenvalue weighted by Gasteiger charge is 2.21. The first-order valence-corrected chi connectivity index (χ1v) is 3.22. The monoisotopic (exact) mass is 164 g/mol. The van der Waals surface area contributed by atoms with E-state index >= 15 is 0 Å². The molecule has 0 bridgehead atoms. The Morgan fingerprint density at radius 3 is 2.70 bits per heavy atom. The van der Waals surface area contributed by atoms with Crippen molar-refractivity contribution in [3.63, 3.8) is 0 Å². The Balaban J connectivity index is 0.000000810. The van der Waals surface area contributed by atoms with Crippen molar-refractivity contribution in [2.75, 3.05) is 13.6 Å². The van der Waals surface area contributed by atoms with Gasteiger partial charge in [0, 0.05) is 13.6 Å². The van der Waals surface area contributed by atoms with Gasteiger partial charge in [-0.3, -0.25) is 4.79 Å². The SMILES string of the molecule is CN1CCCC(N)C1=O.Cl. The van der Waals surface area contributed by atoms with Gasteiger partial charge in [0.15, 0.2) is 0 Å². The zero-order valence-corrected chi connectivity index (χ0v) is 6.86. The van der Waals surface area contributed by atoms with Gasteiger partial charge in [-0.1, -0.05) is 0 Å². The maximum Gasteiger partial charge on any atom is 0.239 e. The van der Waals surface area contributed by atoms with Crippen LogP contribution in [0.4, 0.5) is 0 Å². The first kappa shape index (κ1) is 9.72. The number of hydrogen-bond acceptors (Lipinski definition) is 2. The number of carbonyl (C=O) groups excluding carboxylic acids is 1. The maximum atomic E-state index is 10.9. The number of hydrogen-bond donors (Lipinski definition) is 1. The standard InChI is InChI=1S/C6H12N2O.ClH/c1-8-4-2-3-5(7)6(8)9;/h5H,2-4,7H2,1H3;1H. The Hall–Kier alpha value is -0.280. The lowest BCUT2D eigenvalue weighted by atomic mass is 10.1. The average Bonchev–Trinajstić information content (AvgIpc) is 1.83. The molecule has 0 aliphatic carbocycles. The van der Waals surface area contributed by atoms with Crippen molar-refractivity contribution in [2.45, 2.75) is 18.9 Å². The molecular formula is C6H13ClN2O. The van der Waals surface area contributed by atoms with Gasteiger partial charge in [-0.2, -0.15) is 0 Å². The highest BCUT2D eigenvalue weighted by Crippen LogP contribution is 2.06. The van der Waals surface area contributed by atoms with Crippen molar-refractivity contribution >= 4 is 18.3 Å². The molecule has 1 saturated heterocycles. The highest BCUT2D eigenvalue weighted by atomic mass is 35.5. The molecule has 0 aromatic heterocycles. The first-order chi connectivity index (χ1) is 4.22. The second-order valence-electron chi connectivity index (χ2n) is 2.51. The van der Waals surface area contributed by atoms with Crippen LogP contribution in [0.3, 0.4) is 0 Å². The van der Waals surface area contributed by atoms with E-state index in [1.165, 1.54) is 0 Å². The zero-order valence-electron chi connectivity index (χ0n) is 6.04. The van der Waals surface area contributed by atoms with Crippen LogP contribution in [-0.4, -0.2) is 30.4 Å². The number of nitrogens with zero attached hydrogens (tertiary/aromatic N) is 1. The van der Waals surface area contributed by atoms with Crippen molar-refractivity contribution in [3.05, 3.63) is 0 Å². The van der Waals surface area contributed by atoms with E-state index in [1.54, 1.807) is 11.9 Å². The molecule has 1 rings (SSSR count). The molecule has 0 aromatic carbocycles. The summed E-state index contributed by atoms with van der Waals surface area (Å²) in [6.45, 7) is 0.868. The molecule has 2 N–H and O–H groups in total. The normalized spacial score (nSPS) is 26.0. The fourth-order valence-corrected chi connectivity index (χ4v) is 1.07. The highest BCUT2D eigenvalue weighted by molar-refractivity contribution is 5.85. The Morgan fingerprint density at radius 1 is 1.70 bits per heavy atom. The van der Waals surface area contributed by atoms with Crippen LogP contribution in [-0.2, 0) is 4.79 Å².